The Labute approximate surface area is 57.9 Å². The summed E-state index contributed by atoms with van der Waals surface area (Å²) in [6.07, 6.45) is 1.11. The van der Waals surface area contributed by atoms with E-state index in [4.69, 9.17) is 5.11 Å². The summed E-state index contributed by atoms with van der Waals surface area (Å²) >= 11 is 0. The average Bonchev–Trinajstić information content (AvgIpc) is 1.63. The van der Waals surface area contributed by atoms with Crippen LogP contribution in [0.5, 0.6) is 0 Å². The third-order valence-corrected chi connectivity index (χ3v) is 1.72. The van der Waals surface area contributed by atoms with Crippen LogP contribution in [0.1, 0.15) is 0 Å². The van der Waals surface area contributed by atoms with Crippen molar-refractivity contribution < 1.29 is 9.32 Å². The van der Waals surface area contributed by atoms with E-state index in [1.165, 1.54) is 0 Å². The molecule has 4 heteroatoms. The largest absolute Gasteiger partial charge is 0.391 e. The van der Waals surface area contributed by atoms with Crippen LogP contribution in [-0.2, 0) is 10.8 Å². The molecule has 0 saturated heterocycles. The lowest BCUT2D eigenvalue weighted by atomic mass is 10.4. The van der Waals surface area contributed by atoms with Crippen LogP contribution >= 0.6 is 0 Å². The number of aliphatic hydroxyl groups is 1. The summed E-state index contributed by atoms with van der Waals surface area (Å²) in [6.45, 7) is 0.513. The molecule has 2 N–H and O–H groups in total. The lowest BCUT2D eigenvalue weighted by Gasteiger charge is -2.05. The number of likely N-dealkylation sites (N-methyl/N-ethyl adjacent to an activating group) is 1. The molecular formula is C5H13NO2S. The highest BCUT2D eigenvalue weighted by atomic mass is 32.2. The summed E-state index contributed by atoms with van der Waals surface area (Å²) in [5.74, 6) is 0.362. The predicted octanol–water partition coefficient (Wildman–Crippen LogP) is -1.05. The maximum absolute atomic E-state index is 10.5. The second kappa shape index (κ2) is 4.90. The highest BCUT2D eigenvalue weighted by molar-refractivity contribution is 7.84. The van der Waals surface area contributed by atoms with Gasteiger partial charge in [0.05, 0.1) is 11.9 Å². The minimum Gasteiger partial charge on any atom is -0.391 e. The van der Waals surface area contributed by atoms with Crippen LogP contribution in [-0.4, -0.2) is 41.0 Å². The van der Waals surface area contributed by atoms with Gasteiger partial charge >= 0.3 is 0 Å². The molecule has 0 amide bonds. The first kappa shape index (κ1) is 9.07. The van der Waals surface area contributed by atoms with E-state index in [1.54, 1.807) is 13.3 Å². The lowest BCUT2D eigenvalue weighted by Crippen LogP contribution is -2.28. The monoisotopic (exact) mass is 151 g/mol. The fraction of sp³-hybridized carbons (Fsp3) is 1.00. The molecule has 0 saturated carbocycles. The van der Waals surface area contributed by atoms with Gasteiger partial charge in [0.2, 0.25) is 0 Å². The summed E-state index contributed by atoms with van der Waals surface area (Å²) in [5, 5.41) is 11.8. The van der Waals surface area contributed by atoms with Crippen LogP contribution in [0.3, 0.4) is 0 Å². The number of nitrogens with one attached hydrogen (secondary N) is 1. The fourth-order valence-electron chi connectivity index (χ4n) is 0.565. The molecular weight excluding hydrogens is 138 g/mol. The fourth-order valence-corrected chi connectivity index (χ4v) is 1.23. The molecule has 0 aromatic carbocycles. The van der Waals surface area contributed by atoms with Gasteiger partial charge in [-0.15, -0.1) is 0 Å². The molecule has 0 aliphatic rings. The molecule has 0 aliphatic carbocycles. The van der Waals surface area contributed by atoms with Gasteiger partial charge in [0, 0.05) is 23.6 Å². The molecule has 0 bridgehead atoms. The van der Waals surface area contributed by atoms with Crippen LogP contribution in [0.15, 0.2) is 0 Å². The van der Waals surface area contributed by atoms with Gasteiger partial charge in [-0.3, -0.25) is 4.21 Å². The number of hydrogen-bond acceptors (Lipinski definition) is 3. The van der Waals surface area contributed by atoms with Gasteiger partial charge in [0.15, 0.2) is 0 Å². The molecule has 9 heavy (non-hydrogen) atoms. The zero-order valence-corrected chi connectivity index (χ0v) is 6.57. The normalized spacial score (nSPS) is 17.2. The summed E-state index contributed by atoms with van der Waals surface area (Å²) in [5.41, 5.74) is 0. The van der Waals surface area contributed by atoms with E-state index < -0.39 is 16.9 Å². The Morgan fingerprint density at radius 2 is 2.33 bits per heavy atom. The van der Waals surface area contributed by atoms with E-state index in [1.807, 2.05) is 0 Å². The molecule has 0 fully saturated rings. The molecule has 0 aliphatic heterocycles. The molecule has 3 nitrogen and oxygen atoms in total. The summed E-state index contributed by atoms with van der Waals surface area (Å²) in [4.78, 5) is 0. The van der Waals surface area contributed by atoms with E-state index >= 15 is 0 Å². The molecule has 0 rings (SSSR count). The van der Waals surface area contributed by atoms with Crippen LogP contribution < -0.4 is 5.32 Å². The number of rotatable bonds is 4. The summed E-state index contributed by atoms with van der Waals surface area (Å²) in [7, 11) is 0.865. The van der Waals surface area contributed by atoms with Gasteiger partial charge in [-0.05, 0) is 7.05 Å². The van der Waals surface area contributed by atoms with Gasteiger partial charge in [-0.1, -0.05) is 0 Å². The number of hydrogen-bond donors (Lipinski definition) is 2. The van der Waals surface area contributed by atoms with Crippen molar-refractivity contribution in [2.24, 2.45) is 0 Å². The van der Waals surface area contributed by atoms with Crippen LogP contribution in [0.2, 0.25) is 0 Å². The summed E-state index contributed by atoms with van der Waals surface area (Å²) in [6, 6.07) is 0. The standard InChI is InChI=1S/C5H13NO2S/c1-6-3-5(7)4-9(2)8/h5-7H,3-4H2,1-2H3. The zero-order chi connectivity index (χ0) is 7.28. The molecule has 0 radical (unpaired) electrons. The first-order chi connectivity index (χ1) is 4.16. The maximum atomic E-state index is 10.5. The maximum Gasteiger partial charge on any atom is 0.0779 e. The smallest absolute Gasteiger partial charge is 0.0779 e. The van der Waals surface area contributed by atoms with Gasteiger partial charge < -0.3 is 10.4 Å². The van der Waals surface area contributed by atoms with Gasteiger partial charge in [0.25, 0.3) is 0 Å². The molecule has 2 atom stereocenters. The topological polar surface area (TPSA) is 49.3 Å². The second-order valence-corrected chi connectivity index (χ2v) is 3.43. The van der Waals surface area contributed by atoms with Crippen LogP contribution in [0.25, 0.3) is 0 Å². The van der Waals surface area contributed by atoms with Crippen molar-refractivity contribution in [3.05, 3.63) is 0 Å². The third kappa shape index (κ3) is 5.95. The average molecular weight is 151 g/mol. The Balaban J connectivity index is 3.26. The summed E-state index contributed by atoms with van der Waals surface area (Å²) < 4.78 is 10.5. The van der Waals surface area contributed by atoms with Crippen LogP contribution in [0.4, 0.5) is 0 Å². The second-order valence-electron chi connectivity index (χ2n) is 1.95. The van der Waals surface area contributed by atoms with Crippen molar-refractivity contribution in [2.75, 3.05) is 25.6 Å². The molecule has 2 unspecified atom stereocenters. The van der Waals surface area contributed by atoms with Crippen molar-refractivity contribution in [3.8, 4) is 0 Å². The Morgan fingerprint density at radius 3 is 2.67 bits per heavy atom. The van der Waals surface area contributed by atoms with E-state index in [9.17, 15) is 4.21 Å². The van der Waals surface area contributed by atoms with E-state index in [-0.39, 0.29) is 0 Å². The van der Waals surface area contributed by atoms with E-state index in [0.717, 1.165) is 0 Å². The minimum atomic E-state index is -0.887. The van der Waals surface area contributed by atoms with Crippen molar-refractivity contribution >= 4 is 10.8 Å². The molecule has 0 aromatic rings. The van der Waals surface area contributed by atoms with Gasteiger partial charge in [-0.2, -0.15) is 0 Å². The molecule has 0 heterocycles. The highest BCUT2D eigenvalue weighted by Gasteiger charge is 2.02. The quantitative estimate of drug-likeness (QED) is 0.539. The first-order valence-electron chi connectivity index (χ1n) is 2.79. The molecule has 0 spiro atoms. The lowest BCUT2D eigenvalue weighted by molar-refractivity contribution is 0.198. The SMILES string of the molecule is CNCC(O)CS(C)=O. The van der Waals surface area contributed by atoms with Crippen molar-refractivity contribution in [1.82, 2.24) is 5.32 Å². The van der Waals surface area contributed by atoms with Crippen molar-refractivity contribution in [3.63, 3.8) is 0 Å². The van der Waals surface area contributed by atoms with Gasteiger partial charge in [0.1, 0.15) is 0 Å². The molecule has 56 valence electrons. The number of aliphatic hydroxyl groups excluding tert-OH is 1. The first-order valence-corrected chi connectivity index (χ1v) is 4.52. The Kier molecular flexibility index (Phi) is 4.94. The van der Waals surface area contributed by atoms with Crippen molar-refractivity contribution in [1.29, 1.82) is 0 Å². The predicted molar refractivity (Wildman–Crippen MR) is 38.9 cm³/mol. The highest BCUT2D eigenvalue weighted by Crippen LogP contribution is 1.82. The van der Waals surface area contributed by atoms with Gasteiger partial charge in [-0.25, -0.2) is 0 Å². The molecule has 0 aromatic heterocycles. The van der Waals surface area contributed by atoms with Crippen LogP contribution in [0, 0.1) is 0 Å². The third-order valence-electron chi connectivity index (χ3n) is 0.867. The Hall–Kier alpha value is 0.0700. The Bertz CT molecular complexity index is 97.0. The zero-order valence-electron chi connectivity index (χ0n) is 5.76. The van der Waals surface area contributed by atoms with E-state index in [0.29, 0.717) is 12.3 Å². The van der Waals surface area contributed by atoms with Crippen molar-refractivity contribution in [2.45, 2.75) is 6.10 Å². The Morgan fingerprint density at radius 1 is 1.78 bits per heavy atom. The minimum absolute atomic E-state index is 0.362. The van der Waals surface area contributed by atoms with E-state index in [2.05, 4.69) is 5.32 Å².